The lowest BCUT2D eigenvalue weighted by Gasteiger charge is -2.26. The topological polar surface area (TPSA) is 32.3 Å². The molecule has 20 heavy (non-hydrogen) atoms. The van der Waals surface area contributed by atoms with Crippen molar-refractivity contribution in [2.24, 2.45) is 5.92 Å². The summed E-state index contributed by atoms with van der Waals surface area (Å²) in [6.07, 6.45) is 2.81. The van der Waals surface area contributed by atoms with E-state index >= 15 is 0 Å². The van der Waals surface area contributed by atoms with Gasteiger partial charge in [0.05, 0.1) is 6.04 Å². The normalized spacial score (nSPS) is 19.9. The van der Waals surface area contributed by atoms with Gasteiger partial charge in [-0.25, -0.2) is 0 Å². The molecule has 0 radical (unpaired) electrons. The Morgan fingerprint density at radius 1 is 1.55 bits per heavy atom. The molecule has 1 aromatic carbocycles. The highest BCUT2D eigenvalue weighted by atomic mass is 35.5. The first-order chi connectivity index (χ1) is 9.58. The maximum absolute atomic E-state index is 12.3. The molecule has 2 unspecified atom stereocenters. The van der Waals surface area contributed by atoms with Gasteiger partial charge in [-0.3, -0.25) is 4.79 Å². The van der Waals surface area contributed by atoms with Crippen molar-refractivity contribution < 1.29 is 4.79 Å². The highest BCUT2D eigenvalue weighted by Gasteiger charge is 2.20. The van der Waals surface area contributed by atoms with Crippen molar-refractivity contribution in [1.82, 2.24) is 10.2 Å². The highest BCUT2D eigenvalue weighted by Crippen LogP contribution is 2.23. The Balaban J connectivity index is 1.88. The Labute approximate surface area is 126 Å². The fourth-order valence-electron chi connectivity index (χ4n) is 2.67. The molecule has 2 rings (SSSR count). The minimum Gasteiger partial charge on any atom is -0.339 e. The lowest BCUT2D eigenvalue weighted by molar-refractivity contribution is -0.132. The molecule has 1 heterocycles. The number of benzene rings is 1. The van der Waals surface area contributed by atoms with Crippen LogP contribution >= 0.6 is 11.6 Å². The number of rotatable bonds is 5. The average Bonchev–Trinajstić information content (AvgIpc) is 2.96. The summed E-state index contributed by atoms with van der Waals surface area (Å²) < 4.78 is 0. The second-order valence-electron chi connectivity index (χ2n) is 5.63. The summed E-state index contributed by atoms with van der Waals surface area (Å²) in [6.45, 7) is 4.19. The number of hydrogen-bond donors (Lipinski definition) is 1. The molecule has 4 heteroatoms. The maximum Gasteiger partial charge on any atom is 0.222 e. The van der Waals surface area contributed by atoms with E-state index in [1.165, 1.54) is 6.42 Å². The number of carbonyl (C=O) groups is 1. The third kappa shape index (κ3) is 3.97. The van der Waals surface area contributed by atoms with Gasteiger partial charge in [0.25, 0.3) is 0 Å². The van der Waals surface area contributed by atoms with Crippen molar-refractivity contribution in [2.75, 3.05) is 20.1 Å². The van der Waals surface area contributed by atoms with Gasteiger partial charge in [-0.05, 0) is 56.5 Å². The molecule has 0 aromatic heterocycles. The summed E-state index contributed by atoms with van der Waals surface area (Å²) in [5.74, 6) is 0.873. The number of nitrogens with zero attached hydrogens (tertiary/aromatic N) is 1. The van der Waals surface area contributed by atoms with Crippen molar-refractivity contribution in [3.05, 3.63) is 34.9 Å². The number of halogens is 1. The summed E-state index contributed by atoms with van der Waals surface area (Å²) in [6, 6.07) is 7.78. The van der Waals surface area contributed by atoms with E-state index in [0.717, 1.165) is 25.1 Å². The highest BCUT2D eigenvalue weighted by molar-refractivity contribution is 6.30. The summed E-state index contributed by atoms with van der Waals surface area (Å²) in [5.41, 5.74) is 1.08. The van der Waals surface area contributed by atoms with Crippen molar-refractivity contribution >= 4 is 17.5 Å². The molecule has 1 fully saturated rings. The van der Waals surface area contributed by atoms with Crippen LogP contribution in [0.15, 0.2) is 24.3 Å². The van der Waals surface area contributed by atoms with Gasteiger partial charge < -0.3 is 10.2 Å². The summed E-state index contributed by atoms with van der Waals surface area (Å²) in [5, 5.41) is 4.06. The predicted octanol–water partition coefficient (Wildman–Crippen LogP) is 3.25. The van der Waals surface area contributed by atoms with E-state index in [1.54, 1.807) is 0 Å². The summed E-state index contributed by atoms with van der Waals surface area (Å²) in [7, 11) is 1.88. The minimum atomic E-state index is 0.0582. The SMILES string of the molecule is CC(c1cccc(Cl)c1)N(C)C(=O)CCC1CCNC1. The molecular weight excluding hydrogens is 272 g/mol. The molecule has 3 nitrogen and oxygen atoms in total. The zero-order valence-electron chi connectivity index (χ0n) is 12.2. The van der Waals surface area contributed by atoms with Crippen molar-refractivity contribution in [3.8, 4) is 0 Å². The lowest BCUT2D eigenvalue weighted by Crippen LogP contribution is -2.30. The monoisotopic (exact) mass is 294 g/mol. The quantitative estimate of drug-likeness (QED) is 0.904. The van der Waals surface area contributed by atoms with Gasteiger partial charge in [-0.15, -0.1) is 0 Å². The zero-order valence-corrected chi connectivity index (χ0v) is 13.0. The standard InChI is InChI=1S/C16H23ClN2O/c1-12(14-4-3-5-15(17)10-14)19(2)16(20)7-6-13-8-9-18-11-13/h3-5,10,12-13,18H,6-9,11H2,1-2H3. The van der Waals surface area contributed by atoms with Crippen LogP contribution in [-0.4, -0.2) is 30.9 Å². The Hall–Kier alpha value is -1.06. The van der Waals surface area contributed by atoms with Crippen LogP contribution in [-0.2, 0) is 4.79 Å². The molecule has 0 saturated carbocycles. The van der Waals surface area contributed by atoms with Crippen LogP contribution in [0.3, 0.4) is 0 Å². The second kappa shape index (κ2) is 7.09. The smallest absolute Gasteiger partial charge is 0.222 e. The van der Waals surface area contributed by atoms with Crippen LogP contribution < -0.4 is 5.32 Å². The number of hydrogen-bond acceptors (Lipinski definition) is 2. The van der Waals surface area contributed by atoms with E-state index < -0.39 is 0 Å². The summed E-state index contributed by atoms with van der Waals surface area (Å²) >= 11 is 6.01. The van der Waals surface area contributed by atoms with Gasteiger partial charge in [-0.1, -0.05) is 23.7 Å². The molecule has 0 spiro atoms. The number of amides is 1. The van der Waals surface area contributed by atoms with Crippen LogP contribution in [0.5, 0.6) is 0 Å². The number of carbonyl (C=O) groups excluding carboxylic acids is 1. The predicted molar refractivity (Wildman–Crippen MR) is 82.8 cm³/mol. The van der Waals surface area contributed by atoms with E-state index in [2.05, 4.69) is 5.32 Å². The zero-order chi connectivity index (χ0) is 14.5. The number of nitrogens with one attached hydrogen (secondary N) is 1. The van der Waals surface area contributed by atoms with Gasteiger partial charge in [0, 0.05) is 18.5 Å². The van der Waals surface area contributed by atoms with Gasteiger partial charge in [0.15, 0.2) is 0 Å². The lowest BCUT2D eigenvalue weighted by atomic mass is 10.0. The first-order valence-electron chi connectivity index (χ1n) is 7.29. The molecule has 0 aliphatic carbocycles. The summed E-state index contributed by atoms with van der Waals surface area (Å²) in [4.78, 5) is 14.1. The van der Waals surface area contributed by atoms with Crippen molar-refractivity contribution in [1.29, 1.82) is 0 Å². The van der Waals surface area contributed by atoms with Crippen molar-refractivity contribution in [2.45, 2.75) is 32.2 Å². The molecule has 1 saturated heterocycles. The molecule has 2 atom stereocenters. The van der Waals surface area contributed by atoms with E-state index in [0.29, 0.717) is 17.4 Å². The third-order valence-corrected chi connectivity index (χ3v) is 4.47. The third-order valence-electron chi connectivity index (χ3n) is 4.23. The van der Waals surface area contributed by atoms with Crippen LogP contribution in [0.25, 0.3) is 0 Å². The molecule has 1 aliphatic rings. The Kier molecular flexibility index (Phi) is 5.44. The Bertz CT molecular complexity index is 458. The van der Waals surface area contributed by atoms with Gasteiger partial charge >= 0.3 is 0 Å². The van der Waals surface area contributed by atoms with Gasteiger partial charge in [0.1, 0.15) is 0 Å². The van der Waals surface area contributed by atoms with Gasteiger partial charge in [-0.2, -0.15) is 0 Å². The fraction of sp³-hybridized carbons (Fsp3) is 0.562. The van der Waals surface area contributed by atoms with E-state index in [-0.39, 0.29) is 11.9 Å². The largest absolute Gasteiger partial charge is 0.339 e. The molecule has 1 N–H and O–H groups in total. The average molecular weight is 295 g/mol. The maximum atomic E-state index is 12.3. The van der Waals surface area contributed by atoms with Crippen LogP contribution in [0, 0.1) is 5.92 Å². The molecular formula is C16H23ClN2O. The van der Waals surface area contributed by atoms with E-state index in [9.17, 15) is 4.79 Å². The van der Waals surface area contributed by atoms with E-state index in [1.807, 2.05) is 43.1 Å². The second-order valence-corrected chi connectivity index (χ2v) is 6.07. The van der Waals surface area contributed by atoms with Crippen LogP contribution in [0.4, 0.5) is 0 Å². The molecule has 1 amide bonds. The van der Waals surface area contributed by atoms with E-state index in [4.69, 9.17) is 11.6 Å². The first kappa shape index (κ1) is 15.3. The van der Waals surface area contributed by atoms with Crippen LogP contribution in [0.1, 0.15) is 37.8 Å². The Morgan fingerprint density at radius 3 is 3.00 bits per heavy atom. The van der Waals surface area contributed by atoms with Crippen molar-refractivity contribution in [3.63, 3.8) is 0 Å². The molecule has 0 bridgehead atoms. The molecule has 1 aliphatic heterocycles. The van der Waals surface area contributed by atoms with Crippen LogP contribution in [0.2, 0.25) is 5.02 Å². The molecule has 110 valence electrons. The Morgan fingerprint density at radius 2 is 2.35 bits per heavy atom. The minimum absolute atomic E-state index is 0.0582. The fourth-order valence-corrected chi connectivity index (χ4v) is 2.87. The molecule has 1 aromatic rings. The first-order valence-corrected chi connectivity index (χ1v) is 7.67. The van der Waals surface area contributed by atoms with Gasteiger partial charge in [0.2, 0.25) is 5.91 Å².